The summed E-state index contributed by atoms with van der Waals surface area (Å²) in [6.07, 6.45) is 0.302. The van der Waals surface area contributed by atoms with Crippen molar-refractivity contribution in [3.05, 3.63) is 34.9 Å². The minimum Gasteiger partial charge on any atom is -0.481 e. The highest BCUT2D eigenvalue weighted by atomic mass is 16.4. The summed E-state index contributed by atoms with van der Waals surface area (Å²) >= 11 is 0. The fourth-order valence-corrected chi connectivity index (χ4v) is 2.54. The van der Waals surface area contributed by atoms with E-state index < -0.39 is 5.97 Å². The average molecular weight is 247 g/mol. The lowest BCUT2D eigenvalue weighted by atomic mass is 9.92. The zero-order chi connectivity index (χ0) is 13.3. The molecule has 0 radical (unpaired) electrons. The Labute approximate surface area is 108 Å². The fraction of sp³-hybridized carbons (Fsp3) is 0.533. The van der Waals surface area contributed by atoms with E-state index in [1.807, 2.05) is 0 Å². The van der Waals surface area contributed by atoms with Crippen LogP contribution in [0, 0.1) is 19.8 Å². The van der Waals surface area contributed by atoms with Crippen LogP contribution in [0.25, 0.3) is 0 Å². The summed E-state index contributed by atoms with van der Waals surface area (Å²) < 4.78 is 0. The Morgan fingerprint density at radius 1 is 1.39 bits per heavy atom. The van der Waals surface area contributed by atoms with Gasteiger partial charge in [0.1, 0.15) is 0 Å². The number of nitrogens with zero attached hydrogens (tertiary/aromatic N) is 1. The van der Waals surface area contributed by atoms with Gasteiger partial charge in [0.2, 0.25) is 0 Å². The lowest BCUT2D eigenvalue weighted by molar-refractivity contribution is -0.139. The van der Waals surface area contributed by atoms with Crippen LogP contribution in [0.4, 0.5) is 0 Å². The Morgan fingerprint density at radius 3 is 2.61 bits per heavy atom. The standard InChI is InChI=1S/C15H21NO2/c1-10-4-5-14(6-11(10)2)12(3)16-8-13(9-16)7-15(17)18/h4-6,12-13H,7-9H2,1-3H3,(H,17,18). The molecule has 1 saturated heterocycles. The van der Waals surface area contributed by atoms with Crippen molar-refractivity contribution in [2.75, 3.05) is 13.1 Å². The summed E-state index contributed by atoms with van der Waals surface area (Å²) in [5.41, 5.74) is 3.96. The third-order valence-corrected chi connectivity index (χ3v) is 4.01. The van der Waals surface area contributed by atoms with Crippen molar-refractivity contribution in [1.29, 1.82) is 0 Å². The molecule has 1 atom stereocenters. The second-order valence-electron chi connectivity index (χ2n) is 5.44. The van der Waals surface area contributed by atoms with Gasteiger partial charge in [-0.3, -0.25) is 9.69 Å². The van der Waals surface area contributed by atoms with Crippen LogP contribution in [0.15, 0.2) is 18.2 Å². The first-order valence-corrected chi connectivity index (χ1v) is 6.50. The monoisotopic (exact) mass is 247 g/mol. The quantitative estimate of drug-likeness (QED) is 0.889. The molecular weight excluding hydrogens is 226 g/mol. The number of hydrogen-bond donors (Lipinski definition) is 1. The van der Waals surface area contributed by atoms with Crippen molar-refractivity contribution in [3.63, 3.8) is 0 Å². The molecule has 1 aliphatic rings. The maximum atomic E-state index is 10.6. The van der Waals surface area contributed by atoms with E-state index in [1.165, 1.54) is 16.7 Å². The number of rotatable bonds is 4. The molecule has 18 heavy (non-hydrogen) atoms. The topological polar surface area (TPSA) is 40.5 Å². The van der Waals surface area contributed by atoms with Crippen LogP contribution in [-0.4, -0.2) is 29.1 Å². The van der Waals surface area contributed by atoms with Crippen molar-refractivity contribution in [3.8, 4) is 0 Å². The molecule has 2 rings (SSSR count). The molecule has 0 spiro atoms. The van der Waals surface area contributed by atoms with E-state index in [1.54, 1.807) is 0 Å². The molecule has 3 heteroatoms. The number of carboxylic acid groups (broad SMARTS) is 1. The summed E-state index contributed by atoms with van der Waals surface area (Å²) in [6.45, 7) is 8.26. The van der Waals surface area contributed by atoms with Crippen LogP contribution in [0.5, 0.6) is 0 Å². The molecule has 0 aromatic heterocycles. The van der Waals surface area contributed by atoms with Gasteiger partial charge in [0, 0.05) is 19.1 Å². The van der Waals surface area contributed by atoms with Crippen LogP contribution < -0.4 is 0 Å². The Bertz CT molecular complexity index is 450. The van der Waals surface area contributed by atoms with Gasteiger partial charge in [-0.2, -0.15) is 0 Å². The van der Waals surface area contributed by atoms with Gasteiger partial charge in [0.25, 0.3) is 0 Å². The smallest absolute Gasteiger partial charge is 0.303 e. The third kappa shape index (κ3) is 2.72. The van der Waals surface area contributed by atoms with Crippen molar-refractivity contribution < 1.29 is 9.90 Å². The van der Waals surface area contributed by atoms with Gasteiger partial charge in [-0.15, -0.1) is 0 Å². The normalized spacial score (nSPS) is 18.4. The minimum absolute atomic E-state index is 0.302. The van der Waals surface area contributed by atoms with Crippen molar-refractivity contribution >= 4 is 5.97 Å². The third-order valence-electron chi connectivity index (χ3n) is 4.01. The Kier molecular flexibility index (Phi) is 3.71. The molecule has 1 aromatic rings. The lowest BCUT2D eigenvalue weighted by Crippen LogP contribution is -2.48. The largest absolute Gasteiger partial charge is 0.481 e. The van der Waals surface area contributed by atoms with Crippen molar-refractivity contribution in [2.45, 2.75) is 33.2 Å². The molecule has 1 N–H and O–H groups in total. The highest BCUT2D eigenvalue weighted by Gasteiger charge is 2.32. The maximum Gasteiger partial charge on any atom is 0.303 e. The van der Waals surface area contributed by atoms with Gasteiger partial charge in [-0.1, -0.05) is 18.2 Å². The number of aryl methyl sites for hydroxylation is 2. The molecule has 0 amide bonds. The van der Waals surface area contributed by atoms with E-state index in [4.69, 9.17) is 5.11 Å². The van der Waals surface area contributed by atoms with E-state index in [9.17, 15) is 4.79 Å². The van der Waals surface area contributed by atoms with E-state index in [0.29, 0.717) is 18.4 Å². The van der Waals surface area contributed by atoms with E-state index in [2.05, 4.69) is 43.9 Å². The van der Waals surface area contributed by atoms with E-state index in [0.717, 1.165) is 13.1 Å². The number of aliphatic carboxylic acids is 1. The summed E-state index contributed by atoms with van der Waals surface area (Å²) in [4.78, 5) is 13.0. The fourth-order valence-electron chi connectivity index (χ4n) is 2.54. The molecule has 3 nitrogen and oxygen atoms in total. The highest BCUT2D eigenvalue weighted by molar-refractivity contribution is 5.67. The van der Waals surface area contributed by atoms with Crippen LogP contribution in [0.3, 0.4) is 0 Å². The zero-order valence-corrected chi connectivity index (χ0v) is 11.3. The van der Waals surface area contributed by atoms with Crippen LogP contribution in [-0.2, 0) is 4.79 Å². The van der Waals surface area contributed by atoms with Gasteiger partial charge >= 0.3 is 5.97 Å². The lowest BCUT2D eigenvalue weighted by Gasteiger charge is -2.43. The molecule has 0 saturated carbocycles. The van der Waals surface area contributed by atoms with Crippen LogP contribution >= 0.6 is 0 Å². The Morgan fingerprint density at radius 2 is 2.06 bits per heavy atom. The molecule has 98 valence electrons. The first-order valence-electron chi connectivity index (χ1n) is 6.50. The summed E-state index contributed by atoms with van der Waals surface area (Å²) in [6, 6.07) is 6.96. The van der Waals surface area contributed by atoms with E-state index >= 15 is 0 Å². The Hall–Kier alpha value is -1.35. The molecule has 1 unspecified atom stereocenters. The van der Waals surface area contributed by atoms with Gasteiger partial charge in [-0.05, 0) is 43.4 Å². The summed E-state index contributed by atoms with van der Waals surface area (Å²) in [5, 5.41) is 8.74. The van der Waals surface area contributed by atoms with Crippen LogP contribution in [0.2, 0.25) is 0 Å². The molecule has 1 fully saturated rings. The van der Waals surface area contributed by atoms with Crippen molar-refractivity contribution in [2.24, 2.45) is 5.92 Å². The second kappa shape index (κ2) is 5.11. The predicted octanol–water partition coefficient (Wildman–Crippen LogP) is 2.77. The highest BCUT2D eigenvalue weighted by Crippen LogP contribution is 2.30. The summed E-state index contributed by atoms with van der Waals surface area (Å²) in [7, 11) is 0. The van der Waals surface area contributed by atoms with Gasteiger partial charge in [0.05, 0.1) is 6.42 Å². The minimum atomic E-state index is -0.682. The van der Waals surface area contributed by atoms with Gasteiger partial charge in [0.15, 0.2) is 0 Å². The predicted molar refractivity (Wildman–Crippen MR) is 71.6 cm³/mol. The molecular formula is C15H21NO2. The maximum absolute atomic E-state index is 10.6. The molecule has 1 aliphatic heterocycles. The first kappa shape index (κ1) is 13.1. The molecule has 1 heterocycles. The number of benzene rings is 1. The SMILES string of the molecule is Cc1ccc(C(C)N2CC(CC(=O)O)C2)cc1C. The number of hydrogen-bond acceptors (Lipinski definition) is 2. The van der Waals surface area contributed by atoms with Crippen LogP contribution in [0.1, 0.15) is 36.1 Å². The zero-order valence-electron chi connectivity index (χ0n) is 11.3. The van der Waals surface area contributed by atoms with Crippen molar-refractivity contribution in [1.82, 2.24) is 4.90 Å². The summed E-state index contributed by atoms with van der Waals surface area (Å²) in [5.74, 6) is -0.352. The number of carbonyl (C=O) groups is 1. The van der Waals surface area contributed by atoms with Gasteiger partial charge in [-0.25, -0.2) is 0 Å². The van der Waals surface area contributed by atoms with Gasteiger partial charge < -0.3 is 5.11 Å². The average Bonchev–Trinajstić information content (AvgIpc) is 2.25. The second-order valence-corrected chi connectivity index (χ2v) is 5.44. The Balaban J connectivity index is 1.95. The number of carboxylic acids is 1. The number of likely N-dealkylation sites (tertiary alicyclic amines) is 1. The molecule has 0 bridgehead atoms. The first-order chi connectivity index (χ1) is 8.47. The molecule has 0 aliphatic carbocycles. The van der Waals surface area contributed by atoms with E-state index in [-0.39, 0.29) is 0 Å². The molecule has 1 aromatic carbocycles.